The zero-order chi connectivity index (χ0) is 24.8. The minimum atomic E-state index is -5.02. The summed E-state index contributed by atoms with van der Waals surface area (Å²) in [6.07, 6.45) is -9.76. The third-order valence-corrected chi connectivity index (χ3v) is 5.08. The number of carbonyl (C=O) groups excluding carboxylic acids is 1. The Labute approximate surface area is 187 Å². The molecule has 0 aliphatic heterocycles. The lowest BCUT2D eigenvalue weighted by Crippen LogP contribution is -2.35. The summed E-state index contributed by atoms with van der Waals surface area (Å²) in [6, 6.07) is 6.87. The molecule has 34 heavy (non-hydrogen) atoms. The molecule has 0 aliphatic carbocycles. The highest BCUT2D eigenvalue weighted by Crippen LogP contribution is 2.38. The summed E-state index contributed by atoms with van der Waals surface area (Å²) >= 11 is 0. The lowest BCUT2D eigenvalue weighted by molar-refractivity contribution is -0.143. The van der Waals surface area contributed by atoms with E-state index in [0.717, 1.165) is 4.52 Å². The number of carbonyl (C=O) groups is 1. The molecular weight excluding hydrogens is 466 g/mol. The Morgan fingerprint density at radius 1 is 1.03 bits per heavy atom. The first-order valence-electron chi connectivity index (χ1n) is 9.89. The van der Waals surface area contributed by atoms with E-state index in [4.69, 9.17) is 5.73 Å². The van der Waals surface area contributed by atoms with Crippen LogP contribution in [0.5, 0.6) is 0 Å². The summed E-state index contributed by atoms with van der Waals surface area (Å²) in [5.41, 5.74) is 2.45. The number of hydrogen-bond donors (Lipinski definition) is 2. The van der Waals surface area contributed by atoms with Crippen molar-refractivity contribution in [3.05, 3.63) is 53.6 Å². The number of para-hydroxylation sites is 1. The highest BCUT2D eigenvalue weighted by atomic mass is 19.4. The highest BCUT2D eigenvalue weighted by molar-refractivity contribution is 5.93. The summed E-state index contributed by atoms with van der Waals surface area (Å²) in [7, 11) is 0. The maximum absolute atomic E-state index is 13.3. The molecule has 2 heterocycles. The normalized spacial score (nSPS) is 13.4. The average Bonchev–Trinajstić information content (AvgIpc) is 3.21. The standard InChI is InChI=1S/C21H16F6N6O/c1-2-14(16(28)34)29-19-30-15-6-4-3-5-13(15)18-31-17(32-33(18)19)10-7-11(20(22,23)24)9-12(8-10)21(25,26)27/h3-9,14H,2H2,1H3,(H2,28,34)(H,29,30). The Kier molecular flexibility index (Phi) is 5.58. The fourth-order valence-corrected chi connectivity index (χ4v) is 3.39. The second-order valence-electron chi connectivity index (χ2n) is 7.43. The van der Waals surface area contributed by atoms with Crippen molar-refractivity contribution in [3.63, 3.8) is 0 Å². The average molecular weight is 482 g/mol. The van der Waals surface area contributed by atoms with Crippen LogP contribution in [-0.2, 0) is 17.1 Å². The molecule has 1 atom stereocenters. The van der Waals surface area contributed by atoms with Crippen molar-refractivity contribution >= 4 is 28.4 Å². The molecule has 178 valence electrons. The quantitative estimate of drug-likeness (QED) is 0.404. The number of halogens is 6. The highest BCUT2D eigenvalue weighted by Gasteiger charge is 2.37. The van der Waals surface area contributed by atoms with Gasteiger partial charge in [0, 0.05) is 10.9 Å². The third-order valence-electron chi connectivity index (χ3n) is 5.08. The second kappa shape index (κ2) is 8.15. The van der Waals surface area contributed by atoms with E-state index in [1.165, 1.54) is 0 Å². The summed E-state index contributed by atoms with van der Waals surface area (Å²) in [5, 5.41) is 7.38. The fourth-order valence-electron chi connectivity index (χ4n) is 3.39. The minimum Gasteiger partial charge on any atom is -0.368 e. The number of hydrogen-bond acceptors (Lipinski definition) is 5. The Morgan fingerprint density at radius 2 is 1.65 bits per heavy atom. The van der Waals surface area contributed by atoms with Crippen LogP contribution in [0.25, 0.3) is 27.9 Å². The van der Waals surface area contributed by atoms with Gasteiger partial charge in [-0.2, -0.15) is 30.9 Å². The van der Waals surface area contributed by atoms with Crippen LogP contribution < -0.4 is 11.1 Å². The summed E-state index contributed by atoms with van der Waals surface area (Å²) < 4.78 is 81.0. The number of aromatic nitrogens is 4. The Bertz CT molecular complexity index is 1360. The number of nitrogens with two attached hydrogens (primary N) is 1. The smallest absolute Gasteiger partial charge is 0.368 e. The number of primary amides is 1. The van der Waals surface area contributed by atoms with Gasteiger partial charge in [-0.15, -0.1) is 5.10 Å². The van der Waals surface area contributed by atoms with Gasteiger partial charge in [0.25, 0.3) is 0 Å². The number of nitrogens with zero attached hydrogens (tertiary/aromatic N) is 4. The molecule has 0 radical (unpaired) electrons. The molecule has 4 rings (SSSR count). The van der Waals surface area contributed by atoms with E-state index >= 15 is 0 Å². The largest absolute Gasteiger partial charge is 0.416 e. The van der Waals surface area contributed by atoms with Crippen molar-refractivity contribution in [1.29, 1.82) is 0 Å². The van der Waals surface area contributed by atoms with Crippen molar-refractivity contribution in [3.8, 4) is 11.4 Å². The fraction of sp³-hybridized carbons (Fsp3) is 0.238. The Morgan fingerprint density at radius 3 is 2.21 bits per heavy atom. The van der Waals surface area contributed by atoms with E-state index in [9.17, 15) is 31.1 Å². The monoisotopic (exact) mass is 482 g/mol. The van der Waals surface area contributed by atoms with Gasteiger partial charge in [0.15, 0.2) is 11.5 Å². The van der Waals surface area contributed by atoms with E-state index in [0.29, 0.717) is 23.0 Å². The van der Waals surface area contributed by atoms with Crippen molar-refractivity contribution in [2.45, 2.75) is 31.7 Å². The van der Waals surface area contributed by atoms with Crippen molar-refractivity contribution in [1.82, 2.24) is 19.6 Å². The molecular formula is C21H16F6N6O. The molecule has 7 nitrogen and oxygen atoms in total. The van der Waals surface area contributed by atoms with Crippen LogP contribution >= 0.6 is 0 Å². The minimum absolute atomic E-state index is 0.00104. The van der Waals surface area contributed by atoms with Gasteiger partial charge in [0.1, 0.15) is 6.04 Å². The number of alkyl halides is 6. The first-order valence-corrected chi connectivity index (χ1v) is 9.89. The molecule has 0 fully saturated rings. The van der Waals surface area contributed by atoms with E-state index in [1.54, 1.807) is 31.2 Å². The van der Waals surface area contributed by atoms with Gasteiger partial charge >= 0.3 is 12.4 Å². The lowest BCUT2D eigenvalue weighted by Gasteiger charge is -2.15. The van der Waals surface area contributed by atoms with Gasteiger partial charge in [-0.1, -0.05) is 19.1 Å². The number of rotatable bonds is 5. The molecule has 2 aromatic heterocycles. The van der Waals surface area contributed by atoms with Gasteiger partial charge < -0.3 is 11.1 Å². The summed E-state index contributed by atoms with van der Waals surface area (Å²) in [6.45, 7) is 1.69. The molecule has 4 aromatic rings. The van der Waals surface area contributed by atoms with Crippen LogP contribution in [0.15, 0.2) is 42.5 Å². The topological polar surface area (TPSA) is 98.2 Å². The van der Waals surface area contributed by atoms with Crippen LogP contribution in [-0.4, -0.2) is 31.5 Å². The van der Waals surface area contributed by atoms with E-state index in [2.05, 4.69) is 20.4 Å². The summed E-state index contributed by atoms with van der Waals surface area (Å²) in [4.78, 5) is 20.3. The Balaban J connectivity index is 1.97. The number of fused-ring (bicyclic) bond motifs is 3. The maximum Gasteiger partial charge on any atom is 0.416 e. The zero-order valence-electron chi connectivity index (χ0n) is 17.4. The van der Waals surface area contributed by atoms with Gasteiger partial charge in [-0.25, -0.2) is 9.97 Å². The van der Waals surface area contributed by atoms with E-state index < -0.39 is 41.0 Å². The van der Waals surface area contributed by atoms with Crippen LogP contribution in [0.2, 0.25) is 0 Å². The number of anilines is 1. The second-order valence-corrected chi connectivity index (χ2v) is 7.43. The van der Waals surface area contributed by atoms with Crippen molar-refractivity contribution in [2.75, 3.05) is 5.32 Å². The number of benzene rings is 2. The summed E-state index contributed by atoms with van der Waals surface area (Å²) in [5.74, 6) is -1.07. The molecule has 0 bridgehead atoms. The van der Waals surface area contributed by atoms with Crippen molar-refractivity contribution in [2.24, 2.45) is 5.73 Å². The van der Waals surface area contributed by atoms with Gasteiger partial charge in [-0.05, 0) is 36.8 Å². The molecule has 0 saturated heterocycles. The molecule has 0 spiro atoms. The number of amides is 1. The molecule has 3 N–H and O–H groups in total. The van der Waals surface area contributed by atoms with Crippen LogP contribution in [0, 0.1) is 0 Å². The van der Waals surface area contributed by atoms with Crippen LogP contribution in [0.4, 0.5) is 32.3 Å². The predicted molar refractivity (Wildman–Crippen MR) is 111 cm³/mol. The SMILES string of the molecule is CCC(Nc1nc2ccccc2c2nc(-c3cc(C(F)(F)F)cc(C(F)(F)F)c3)nn12)C(N)=O. The lowest BCUT2D eigenvalue weighted by atomic mass is 10.0. The number of nitrogens with one attached hydrogen (secondary N) is 1. The maximum atomic E-state index is 13.3. The van der Waals surface area contributed by atoms with Gasteiger partial charge in [0.2, 0.25) is 11.9 Å². The molecule has 13 heteroatoms. The van der Waals surface area contributed by atoms with E-state index in [1.807, 2.05) is 0 Å². The molecule has 0 aliphatic rings. The zero-order valence-corrected chi connectivity index (χ0v) is 17.4. The van der Waals surface area contributed by atoms with E-state index in [-0.39, 0.29) is 29.9 Å². The van der Waals surface area contributed by atoms with Gasteiger partial charge in [0.05, 0.1) is 16.6 Å². The van der Waals surface area contributed by atoms with Crippen LogP contribution in [0.3, 0.4) is 0 Å². The first-order chi connectivity index (χ1) is 15.9. The molecule has 2 aromatic carbocycles. The molecule has 1 unspecified atom stereocenters. The molecule has 1 amide bonds. The van der Waals surface area contributed by atoms with Gasteiger partial charge in [-0.3, -0.25) is 4.79 Å². The Hall–Kier alpha value is -3.90. The van der Waals surface area contributed by atoms with Crippen LogP contribution in [0.1, 0.15) is 24.5 Å². The van der Waals surface area contributed by atoms with Crippen molar-refractivity contribution < 1.29 is 31.1 Å². The molecule has 0 saturated carbocycles. The first kappa shape index (κ1) is 23.3. The predicted octanol–water partition coefficient (Wildman–Crippen LogP) is 4.66. The third kappa shape index (κ3) is 4.32.